The van der Waals surface area contributed by atoms with E-state index in [9.17, 15) is 14.3 Å². The molecule has 0 aliphatic rings. The molecule has 24 heavy (non-hydrogen) atoms. The minimum absolute atomic E-state index is 0.00915. The van der Waals surface area contributed by atoms with E-state index in [2.05, 4.69) is 13.0 Å². The van der Waals surface area contributed by atoms with Crippen molar-refractivity contribution in [2.75, 3.05) is 0 Å². The summed E-state index contributed by atoms with van der Waals surface area (Å²) in [5.41, 5.74) is 0. The zero-order valence-corrected chi connectivity index (χ0v) is 14.7. The van der Waals surface area contributed by atoms with Crippen molar-refractivity contribution in [3.05, 3.63) is 48.4 Å². The molecule has 0 aliphatic heterocycles. The second-order valence-corrected chi connectivity index (χ2v) is 5.72. The molecule has 2 N–H and O–H groups in total. The molecule has 3 nitrogen and oxygen atoms in total. The van der Waals surface area contributed by atoms with Gasteiger partial charge in [0.2, 0.25) is 0 Å². The zero-order valence-electron chi connectivity index (χ0n) is 14.7. The Morgan fingerprint density at radius 2 is 1.88 bits per heavy atom. The summed E-state index contributed by atoms with van der Waals surface area (Å²) in [5, 5.41) is 18.2. The maximum Gasteiger partial charge on any atom is 0.303 e. The first-order chi connectivity index (χ1) is 11.6. The van der Waals surface area contributed by atoms with E-state index in [4.69, 9.17) is 5.11 Å². The Hall–Kier alpha value is -1.68. The largest absolute Gasteiger partial charge is 0.481 e. The molecule has 0 amide bonds. The number of carbonyl (C=O) groups is 1. The van der Waals surface area contributed by atoms with Crippen molar-refractivity contribution in [2.24, 2.45) is 0 Å². The summed E-state index contributed by atoms with van der Waals surface area (Å²) in [6.07, 6.45) is 18.3. The van der Waals surface area contributed by atoms with Crippen LogP contribution >= 0.6 is 0 Å². The topological polar surface area (TPSA) is 57.5 Å². The first-order valence-electron chi connectivity index (χ1n) is 8.79. The lowest BCUT2D eigenvalue weighted by molar-refractivity contribution is -0.137. The van der Waals surface area contributed by atoms with E-state index in [-0.39, 0.29) is 18.7 Å². The van der Waals surface area contributed by atoms with E-state index < -0.39 is 12.1 Å². The van der Waals surface area contributed by atoms with Gasteiger partial charge in [-0.3, -0.25) is 4.79 Å². The van der Waals surface area contributed by atoms with Crippen LogP contribution in [0.5, 0.6) is 0 Å². The molecule has 0 aromatic rings. The summed E-state index contributed by atoms with van der Waals surface area (Å²) in [6.45, 7) is 2.18. The molecule has 0 rings (SSSR count). The number of hydrogen-bond acceptors (Lipinski definition) is 2. The Kier molecular flexibility index (Phi) is 15.1. The molecule has 0 saturated heterocycles. The van der Waals surface area contributed by atoms with Crippen LogP contribution in [0.1, 0.15) is 64.7 Å². The van der Waals surface area contributed by atoms with Crippen LogP contribution in [0.4, 0.5) is 4.39 Å². The number of hydrogen-bond donors (Lipinski definition) is 2. The minimum atomic E-state index is -0.901. The van der Waals surface area contributed by atoms with Gasteiger partial charge in [0.25, 0.3) is 0 Å². The Balaban J connectivity index is 3.80. The Labute approximate surface area is 145 Å². The average Bonchev–Trinajstić information content (AvgIpc) is 2.53. The second-order valence-electron chi connectivity index (χ2n) is 5.72. The van der Waals surface area contributed by atoms with Crippen LogP contribution in [0, 0.1) is 0 Å². The Bertz CT molecular complexity index is 436. The number of halogens is 1. The van der Waals surface area contributed by atoms with E-state index in [1.54, 1.807) is 24.3 Å². The molecule has 0 saturated carbocycles. The highest BCUT2D eigenvalue weighted by molar-refractivity contribution is 5.66. The molecule has 0 radical (unpaired) electrons. The molecule has 0 aliphatic carbocycles. The number of carboxylic acid groups (broad SMARTS) is 1. The number of aliphatic carboxylic acids is 1. The van der Waals surface area contributed by atoms with Crippen molar-refractivity contribution in [3.8, 4) is 0 Å². The van der Waals surface area contributed by atoms with Crippen molar-refractivity contribution in [3.63, 3.8) is 0 Å². The quantitative estimate of drug-likeness (QED) is 0.250. The van der Waals surface area contributed by atoms with E-state index >= 15 is 0 Å². The van der Waals surface area contributed by atoms with E-state index in [0.717, 1.165) is 6.42 Å². The van der Waals surface area contributed by atoms with E-state index in [0.29, 0.717) is 19.3 Å². The van der Waals surface area contributed by atoms with Crippen LogP contribution < -0.4 is 0 Å². The van der Waals surface area contributed by atoms with Gasteiger partial charge < -0.3 is 10.2 Å². The number of carboxylic acids is 1. The van der Waals surface area contributed by atoms with Gasteiger partial charge in [0.15, 0.2) is 0 Å². The van der Waals surface area contributed by atoms with Gasteiger partial charge in [0, 0.05) is 6.42 Å². The summed E-state index contributed by atoms with van der Waals surface area (Å²) < 4.78 is 13.3. The standard InChI is InChI=1S/C20H31FO3/c1-2-3-4-5-6-10-15-19(22)16-11-8-7-9-13-18(21)14-12-17-20(23)24/h6-8,10-11,13,16,19,22H,2-5,9,12,14-15,17H2,1H3,(H,23,24)/b8-7+,10-6-,16-11-,18-13+. The van der Waals surface area contributed by atoms with Gasteiger partial charge in [-0.2, -0.15) is 0 Å². The normalized spacial score (nSPS) is 14.2. The summed E-state index contributed by atoms with van der Waals surface area (Å²) in [7, 11) is 0. The lowest BCUT2D eigenvalue weighted by Gasteiger charge is -1.99. The number of aliphatic hydroxyl groups excluding tert-OH is 1. The van der Waals surface area contributed by atoms with Gasteiger partial charge in [-0.15, -0.1) is 0 Å². The smallest absolute Gasteiger partial charge is 0.303 e. The molecule has 0 spiro atoms. The Morgan fingerprint density at radius 1 is 1.08 bits per heavy atom. The first kappa shape index (κ1) is 22.3. The lowest BCUT2D eigenvalue weighted by Crippen LogP contribution is -1.98. The number of allylic oxidation sites excluding steroid dienone is 6. The maximum atomic E-state index is 13.3. The second kappa shape index (κ2) is 16.2. The molecule has 1 atom stereocenters. The highest BCUT2D eigenvalue weighted by Crippen LogP contribution is 2.10. The van der Waals surface area contributed by atoms with Gasteiger partial charge in [0.1, 0.15) is 0 Å². The van der Waals surface area contributed by atoms with Crippen LogP contribution in [-0.4, -0.2) is 22.3 Å². The maximum absolute atomic E-state index is 13.3. The van der Waals surface area contributed by atoms with Gasteiger partial charge >= 0.3 is 5.97 Å². The van der Waals surface area contributed by atoms with E-state index in [1.165, 1.54) is 25.3 Å². The highest BCUT2D eigenvalue weighted by Gasteiger charge is 1.99. The van der Waals surface area contributed by atoms with Crippen molar-refractivity contribution < 1.29 is 19.4 Å². The van der Waals surface area contributed by atoms with Crippen LogP contribution in [0.3, 0.4) is 0 Å². The third-order valence-electron chi connectivity index (χ3n) is 3.38. The Morgan fingerprint density at radius 3 is 2.58 bits per heavy atom. The predicted octanol–water partition coefficient (Wildman–Crippen LogP) is 5.48. The number of aliphatic hydroxyl groups is 1. The summed E-state index contributed by atoms with van der Waals surface area (Å²) in [4.78, 5) is 10.3. The van der Waals surface area contributed by atoms with Crippen molar-refractivity contribution in [1.29, 1.82) is 0 Å². The molecule has 136 valence electrons. The van der Waals surface area contributed by atoms with Gasteiger partial charge in [-0.1, -0.05) is 56.2 Å². The third-order valence-corrected chi connectivity index (χ3v) is 3.38. The molecule has 1 unspecified atom stereocenters. The van der Waals surface area contributed by atoms with Crippen molar-refractivity contribution in [1.82, 2.24) is 0 Å². The predicted molar refractivity (Wildman–Crippen MR) is 97.5 cm³/mol. The fourth-order valence-corrected chi connectivity index (χ4v) is 2.00. The molecule has 0 aromatic carbocycles. The fourth-order valence-electron chi connectivity index (χ4n) is 2.00. The third kappa shape index (κ3) is 16.7. The molecule has 0 fully saturated rings. The van der Waals surface area contributed by atoms with Gasteiger partial charge in [0.05, 0.1) is 11.9 Å². The lowest BCUT2D eigenvalue weighted by atomic mass is 10.1. The summed E-state index contributed by atoms with van der Waals surface area (Å²) in [6, 6.07) is 0. The van der Waals surface area contributed by atoms with Crippen molar-refractivity contribution in [2.45, 2.75) is 70.8 Å². The van der Waals surface area contributed by atoms with E-state index in [1.807, 2.05) is 6.08 Å². The molecule has 0 heterocycles. The van der Waals surface area contributed by atoms with Crippen LogP contribution in [-0.2, 0) is 4.79 Å². The highest BCUT2D eigenvalue weighted by atomic mass is 19.1. The summed E-state index contributed by atoms with van der Waals surface area (Å²) in [5.74, 6) is -1.18. The average molecular weight is 338 g/mol. The van der Waals surface area contributed by atoms with Crippen LogP contribution in [0.25, 0.3) is 0 Å². The van der Waals surface area contributed by atoms with Crippen LogP contribution in [0.15, 0.2) is 48.4 Å². The monoisotopic (exact) mass is 338 g/mol. The SMILES string of the molecule is CCCCC/C=C\CC(O)/C=C\C=C\C/C=C(/F)CCCC(=O)O. The number of unbranched alkanes of at least 4 members (excludes halogenated alkanes) is 3. The van der Waals surface area contributed by atoms with Gasteiger partial charge in [-0.25, -0.2) is 4.39 Å². The molecular formula is C20H31FO3. The first-order valence-corrected chi connectivity index (χ1v) is 8.79. The number of rotatable bonds is 14. The van der Waals surface area contributed by atoms with Crippen LogP contribution in [0.2, 0.25) is 0 Å². The minimum Gasteiger partial charge on any atom is -0.481 e. The molecule has 0 bridgehead atoms. The fraction of sp³-hybridized carbons (Fsp3) is 0.550. The molecule has 4 heteroatoms. The van der Waals surface area contributed by atoms with Gasteiger partial charge in [-0.05, 0) is 44.6 Å². The zero-order chi connectivity index (χ0) is 18.0. The molecule has 0 aromatic heterocycles. The van der Waals surface area contributed by atoms with Crippen molar-refractivity contribution >= 4 is 5.97 Å². The molecular weight excluding hydrogens is 307 g/mol. The summed E-state index contributed by atoms with van der Waals surface area (Å²) >= 11 is 0.